The van der Waals surface area contributed by atoms with Crippen molar-refractivity contribution in [3.63, 3.8) is 0 Å². The molecule has 10 heteroatoms. The zero-order valence-electron chi connectivity index (χ0n) is 14.4. The fourth-order valence-electron chi connectivity index (χ4n) is 2.34. The number of halogens is 4. The zero-order chi connectivity index (χ0) is 20.2. The predicted molar refractivity (Wildman–Crippen MR) is 89.2 cm³/mol. The lowest BCUT2D eigenvalue weighted by Crippen LogP contribution is -2.38. The van der Waals surface area contributed by atoms with Gasteiger partial charge in [0.15, 0.2) is 11.6 Å². The lowest BCUT2D eigenvalue weighted by molar-refractivity contribution is -0.153. The third kappa shape index (κ3) is 5.18. The lowest BCUT2D eigenvalue weighted by Gasteiger charge is -2.22. The Morgan fingerprint density at radius 1 is 1.07 bits per heavy atom. The van der Waals surface area contributed by atoms with E-state index in [0.29, 0.717) is 11.6 Å². The molecule has 0 saturated carbocycles. The average Bonchev–Trinajstić information content (AvgIpc) is 2.59. The first-order valence-electron chi connectivity index (χ1n) is 7.59. The minimum Gasteiger partial charge on any atom is -0.494 e. The van der Waals surface area contributed by atoms with E-state index in [0.717, 1.165) is 19.2 Å². The first-order chi connectivity index (χ1) is 12.6. The Bertz CT molecular complexity index is 883. The smallest absolute Gasteiger partial charge is 0.408 e. The summed E-state index contributed by atoms with van der Waals surface area (Å²) in [7, 11) is -1.90. The van der Waals surface area contributed by atoms with Gasteiger partial charge >= 0.3 is 6.18 Å². The van der Waals surface area contributed by atoms with Crippen LogP contribution in [0.4, 0.5) is 17.6 Å². The molecule has 0 aliphatic heterocycles. The highest BCUT2D eigenvalue weighted by Gasteiger charge is 2.43. The zero-order valence-corrected chi connectivity index (χ0v) is 15.2. The van der Waals surface area contributed by atoms with Gasteiger partial charge in [-0.25, -0.2) is 12.8 Å². The highest BCUT2D eigenvalue weighted by molar-refractivity contribution is 7.89. The molecule has 1 N–H and O–H groups in total. The Labute approximate surface area is 154 Å². The molecule has 5 nitrogen and oxygen atoms in total. The van der Waals surface area contributed by atoms with Crippen molar-refractivity contribution in [1.82, 2.24) is 4.72 Å². The molecule has 0 spiro atoms. The molecule has 27 heavy (non-hydrogen) atoms. The van der Waals surface area contributed by atoms with Crippen LogP contribution in [-0.2, 0) is 21.4 Å². The van der Waals surface area contributed by atoms with Crippen LogP contribution in [0.5, 0.6) is 5.75 Å². The van der Waals surface area contributed by atoms with Crippen molar-refractivity contribution >= 4 is 10.0 Å². The van der Waals surface area contributed by atoms with Gasteiger partial charge < -0.3 is 9.47 Å². The summed E-state index contributed by atoms with van der Waals surface area (Å²) in [6.07, 6.45) is -4.98. The quantitative estimate of drug-likeness (QED) is 0.713. The minimum absolute atomic E-state index is 0.226. The molecular formula is C17H17F4NO4S. The van der Waals surface area contributed by atoms with Crippen LogP contribution in [0.3, 0.4) is 0 Å². The molecule has 0 aliphatic rings. The van der Waals surface area contributed by atoms with Crippen LogP contribution in [0, 0.1) is 5.82 Å². The van der Waals surface area contributed by atoms with Crippen molar-refractivity contribution < 1.29 is 35.5 Å². The number of ether oxygens (including phenoxy) is 2. The first-order valence-corrected chi connectivity index (χ1v) is 9.07. The van der Waals surface area contributed by atoms with Crippen LogP contribution in [-0.4, -0.2) is 28.8 Å². The number of sulfonamides is 1. The highest BCUT2D eigenvalue weighted by Crippen LogP contribution is 2.35. The van der Waals surface area contributed by atoms with Crippen LogP contribution in [0.25, 0.3) is 0 Å². The third-order valence-corrected chi connectivity index (χ3v) is 5.09. The van der Waals surface area contributed by atoms with Crippen LogP contribution < -0.4 is 9.46 Å². The van der Waals surface area contributed by atoms with E-state index in [-0.39, 0.29) is 17.3 Å². The van der Waals surface area contributed by atoms with Crippen LogP contribution in [0.15, 0.2) is 47.4 Å². The molecule has 0 heterocycles. The Morgan fingerprint density at radius 2 is 1.70 bits per heavy atom. The summed E-state index contributed by atoms with van der Waals surface area (Å²) < 4.78 is 90.0. The Morgan fingerprint density at radius 3 is 2.19 bits per heavy atom. The summed E-state index contributed by atoms with van der Waals surface area (Å²) in [6.45, 7) is 0.226. The fourth-order valence-corrected chi connectivity index (χ4v) is 3.55. The summed E-state index contributed by atoms with van der Waals surface area (Å²) in [5.74, 6) is -1.29. The maximum Gasteiger partial charge on any atom is 0.408 e. The monoisotopic (exact) mass is 407 g/mol. The summed E-state index contributed by atoms with van der Waals surface area (Å²) in [5.41, 5.74) is 0.0569. The molecule has 0 unspecified atom stereocenters. The van der Waals surface area contributed by atoms with Crippen molar-refractivity contribution in [1.29, 1.82) is 0 Å². The van der Waals surface area contributed by atoms with Gasteiger partial charge in [0.05, 0.1) is 18.6 Å². The van der Waals surface area contributed by atoms with E-state index in [1.54, 1.807) is 4.72 Å². The van der Waals surface area contributed by atoms with E-state index in [2.05, 4.69) is 4.74 Å². The van der Waals surface area contributed by atoms with E-state index < -0.39 is 33.6 Å². The van der Waals surface area contributed by atoms with Gasteiger partial charge in [-0.15, -0.1) is 0 Å². The van der Waals surface area contributed by atoms with Gasteiger partial charge in [0.1, 0.15) is 6.04 Å². The van der Waals surface area contributed by atoms with Gasteiger partial charge in [0.25, 0.3) is 0 Å². The number of alkyl halides is 3. The van der Waals surface area contributed by atoms with Crippen LogP contribution in [0.1, 0.15) is 17.2 Å². The minimum atomic E-state index is -4.98. The van der Waals surface area contributed by atoms with Crippen molar-refractivity contribution in [2.75, 3.05) is 14.2 Å². The van der Waals surface area contributed by atoms with Crippen LogP contribution in [0.2, 0.25) is 0 Å². The molecule has 0 fully saturated rings. The molecule has 0 saturated heterocycles. The Kier molecular flexibility index (Phi) is 6.45. The summed E-state index contributed by atoms with van der Waals surface area (Å²) >= 11 is 0. The number of methoxy groups -OCH3 is 2. The number of benzene rings is 2. The van der Waals surface area contributed by atoms with Crippen molar-refractivity contribution in [3.8, 4) is 5.75 Å². The van der Waals surface area contributed by atoms with Crippen molar-refractivity contribution in [2.45, 2.75) is 23.7 Å². The molecule has 2 rings (SSSR count). The Balaban J connectivity index is 2.36. The van der Waals surface area contributed by atoms with Gasteiger partial charge in [-0.3, -0.25) is 0 Å². The normalized spacial score (nSPS) is 13.4. The molecule has 148 valence electrons. The number of hydrogen-bond donors (Lipinski definition) is 1. The molecule has 2 aromatic carbocycles. The molecule has 0 radical (unpaired) electrons. The predicted octanol–water partition coefficient (Wildman–Crippen LogP) is 3.56. The molecule has 0 bridgehead atoms. The summed E-state index contributed by atoms with van der Waals surface area (Å²) in [4.78, 5) is -0.356. The maximum absolute atomic E-state index is 13.8. The van der Waals surface area contributed by atoms with Crippen molar-refractivity contribution in [2.24, 2.45) is 0 Å². The molecule has 0 amide bonds. The second-order valence-corrected chi connectivity index (χ2v) is 7.28. The van der Waals surface area contributed by atoms with Crippen molar-refractivity contribution in [3.05, 3.63) is 59.4 Å². The number of rotatable bonds is 7. The largest absolute Gasteiger partial charge is 0.494 e. The van der Waals surface area contributed by atoms with Gasteiger partial charge in [0, 0.05) is 7.11 Å². The van der Waals surface area contributed by atoms with Gasteiger partial charge in [-0.2, -0.15) is 17.9 Å². The molecular weight excluding hydrogens is 390 g/mol. The molecule has 0 aromatic heterocycles. The highest BCUT2D eigenvalue weighted by atomic mass is 32.2. The fraction of sp³-hybridized carbons (Fsp3) is 0.294. The average molecular weight is 407 g/mol. The number of nitrogens with one attached hydrogen (secondary N) is 1. The Hall–Kier alpha value is -2.17. The van der Waals surface area contributed by atoms with E-state index in [1.807, 2.05) is 0 Å². The van der Waals surface area contributed by atoms with Gasteiger partial charge in [-0.1, -0.05) is 18.2 Å². The van der Waals surface area contributed by atoms with E-state index >= 15 is 0 Å². The van der Waals surface area contributed by atoms with E-state index in [9.17, 15) is 26.0 Å². The second-order valence-electron chi connectivity index (χ2n) is 5.57. The van der Waals surface area contributed by atoms with Gasteiger partial charge in [-0.05, 0) is 35.4 Å². The number of hydrogen-bond acceptors (Lipinski definition) is 4. The maximum atomic E-state index is 13.8. The van der Waals surface area contributed by atoms with Gasteiger partial charge in [0.2, 0.25) is 10.0 Å². The molecule has 1 atom stereocenters. The second kappa shape index (κ2) is 8.24. The van der Waals surface area contributed by atoms with E-state index in [1.165, 1.54) is 31.4 Å². The molecule has 0 aliphatic carbocycles. The third-order valence-electron chi connectivity index (χ3n) is 3.65. The SMILES string of the molecule is COCc1ccc(S(=O)(=O)N[C@H](c2ccc(OC)c(F)c2)C(F)(F)F)cc1. The lowest BCUT2D eigenvalue weighted by atomic mass is 10.1. The standard InChI is InChI=1S/C17H17F4NO4S/c1-25-10-11-3-6-13(7-4-11)27(23,24)22-16(17(19,20)21)12-5-8-15(26-2)14(18)9-12/h3-9,16,22H,10H2,1-2H3/t16-/m1/s1. The van der Waals surface area contributed by atoms with E-state index in [4.69, 9.17) is 4.74 Å². The molecule has 2 aromatic rings. The topological polar surface area (TPSA) is 64.6 Å². The summed E-state index contributed by atoms with van der Waals surface area (Å²) in [5, 5.41) is 0. The summed E-state index contributed by atoms with van der Waals surface area (Å²) in [6, 6.07) is 5.09. The first kappa shape index (κ1) is 21.1. The van der Waals surface area contributed by atoms with Crippen LogP contribution >= 0.6 is 0 Å².